The molecule has 0 bridgehead atoms. The Labute approximate surface area is 200 Å². The molecule has 0 aliphatic heterocycles. The van der Waals surface area contributed by atoms with Crippen molar-refractivity contribution in [2.24, 2.45) is 5.92 Å². The average molecular weight is 476 g/mol. The van der Waals surface area contributed by atoms with Crippen molar-refractivity contribution in [2.45, 2.75) is 58.7 Å². The van der Waals surface area contributed by atoms with Gasteiger partial charge in [0.05, 0.1) is 7.11 Å². The topological polar surface area (TPSA) is 134 Å². The molecule has 0 aromatic heterocycles. The lowest BCUT2D eigenvalue weighted by atomic mass is 9.99. The van der Waals surface area contributed by atoms with Gasteiger partial charge in [-0.25, -0.2) is 4.79 Å². The summed E-state index contributed by atoms with van der Waals surface area (Å²) < 4.78 is 9.78. The van der Waals surface area contributed by atoms with E-state index in [0.29, 0.717) is 0 Å². The Hall–Kier alpha value is -3.74. The molecule has 0 saturated carbocycles. The summed E-state index contributed by atoms with van der Waals surface area (Å²) in [7, 11) is 1.16. The van der Waals surface area contributed by atoms with E-state index < -0.39 is 48.1 Å². The van der Waals surface area contributed by atoms with Gasteiger partial charge in [-0.1, -0.05) is 38.5 Å². The number of alkyl carbamates (subject to hydrolysis) is 1. The lowest BCUT2D eigenvalue weighted by Gasteiger charge is -2.31. The van der Waals surface area contributed by atoms with Crippen molar-refractivity contribution in [2.75, 3.05) is 13.7 Å². The molecule has 34 heavy (non-hydrogen) atoms. The van der Waals surface area contributed by atoms with Crippen molar-refractivity contribution in [1.29, 1.82) is 0 Å². The Bertz CT molecular complexity index is 931. The summed E-state index contributed by atoms with van der Waals surface area (Å²) in [6.07, 6.45) is 5.02. The molecule has 0 aliphatic carbocycles. The molecular weight excluding hydrogens is 442 g/mol. The van der Waals surface area contributed by atoms with Gasteiger partial charge < -0.3 is 25.2 Å². The molecule has 2 atom stereocenters. The molecule has 0 aliphatic rings. The number of carbonyl (C=O) groups excluding carboxylic acids is 4. The second-order valence-corrected chi connectivity index (χ2v) is 8.92. The predicted molar refractivity (Wildman–Crippen MR) is 124 cm³/mol. The van der Waals surface area contributed by atoms with Gasteiger partial charge >= 0.3 is 12.1 Å². The number of phenolic OH excluding ortho intramolecular Hbond substituents is 1. The van der Waals surface area contributed by atoms with E-state index in [1.807, 2.05) is 13.8 Å². The van der Waals surface area contributed by atoms with Crippen LogP contribution in [0, 0.1) is 18.4 Å². The van der Waals surface area contributed by atoms with Crippen LogP contribution in [0.4, 0.5) is 4.79 Å². The van der Waals surface area contributed by atoms with Crippen molar-refractivity contribution in [3.8, 4) is 18.2 Å². The lowest BCUT2D eigenvalue weighted by Crippen LogP contribution is -2.52. The first-order valence-corrected chi connectivity index (χ1v) is 10.7. The third kappa shape index (κ3) is 8.65. The number of esters is 1. The highest BCUT2D eigenvalue weighted by atomic mass is 16.6. The lowest BCUT2D eigenvalue weighted by molar-refractivity contribution is -0.143. The number of nitrogens with zero attached hydrogens (tertiary/aromatic N) is 1. The monoisotopic (exact) mass is 475 g/mol. The van der Waals surface area contributed by atoms with Crippen LogP contribution in [0.3, 0.4) is 0 Å². The van der Waals surface area contributed by atoms with E-state index in [1.165, 1.54) is 18.2 Å². The molecule has 186 valence electrons. The Morgan fingerprint density at radius 2 is 1.79 bits per heavy atom. The van der Waals surface area contributed by atoms with Gasteiger partial charge in [0.1, 0.15) is 23.9 Å². The maximum atomic E-state index is 13.5. The Morgan fingerprint density at radius 3 is 2.29 bits per heavy atom. The van der Waals surface area contributed by atoms with Gasteiger partial charge in [-0.3, -0.25) is 19.3 Å². The van der Waals surface area contributed by atoms with Crippen LogP contribution >= 0.6 is 0 Å². The Balaban J connectivity index is 3.37. The molecule has 0 spiro atoms. The van der Waals surface area contributed by atoms with Gasteiger partial charge in [0.15, 0.2) is 6.04 Å². The summed E-state index contributed by atoms with van der Waals surface area (Å²) in [6, 6.07) is 5.43. The number of ether oxygens (including phenoxy) is 2. The zero-order valence-electron chi connectivity index (χ0n) is 20.4. The fourth-order valence-corrected chi connectivity index (χ4v) is 3.02. The number of rotatable bonds is 9. The summed E-state index contributed by atoms with van der Waals surface area (Å²) in [5.74, 6) is -2.61. The third-order valence-electron chi connectivity index (χ3n) is 4.45. The molecule has 1 aromatic rings. The van der Waals surface area contributed by atoms with Crippen LogP contribution < -0.4 is 10.6 Å². The number of hydrogen-bond acceptors (Lipinski definition) is 7. The first kappa shape index (κ1) is 28.3. The first-order chi connectivity index (χ1) is 15.8. The molecule has 3 amide bonds. The standard InChI is InChI=1S/C24H33N3O7/c1-8-27(22(31)17(13-15(2)3)26-23(32)34-24(4,5)6)20(16-11-9-10-12-18(16)28)21(30)25-14-19(29)33-7/h1,9-12,15,17,20,28H,13-14H2,2-7H3,(H,25,30)(H,26,32). The molecule has 2 unspecified atom stereocenters. The van der Waals surface area contributed by atoms with Crippen molar-refractivity contribution in [1.82, 2.24) is 15.5 Å². The number of terminal acetylenes is 1. The van der Waals surface area contributed by atoms with E-state index >= 15 is 0 Å². The van der Waals surface area contributed by atoms with Crippen LogP contribution in [0.5, 0.6) is 5.75 Å². The Kier molecular flexibility index (Phi) is 10.4. The Morgan fingerprint density at radius 1 is 1.18 bits per heavy atom. The molecule has 0 saturated heterocycles. The molecule has 0 heterocycles. The van der Waals surface area contributed by atoms with Crippen molar-refractivity contribution < 1.29 is 33.8 Å². The summed E-state index contributed by atoms with van der Waals surface area (Å²) in [5.41, 5.74) is -0.760. The number of phenols is 1. The summed E-state index contributed by atoms with van der Waals surface area (Å²) in [6.45, 7) is 8.26. The molecule has 1 rings (SSSR count). The fourth-order valence-electron chi connectivity index (χ4n) is 3.02. The number of nitrogens with one attached hydrogen (secondary N) is 2. The van der Waals surface area contributed by atoms with Crippen molar-refractivity contribution in [3.05, 3.63) is 29.8 Å². The third-order valence-corrected chi connectivity index (χ3v) is 4.45. The minimum Gasteiger partial charge on any atom is -0.508 e. The highest BCUT2D eigenvalue weighted by molar-refractivity contribution is 5.94. The van der Waals surface area contributed by atoms with Gasteiger partial charge in [-0.05, 0) is 39.2 Å². The van der Waals surface area contributed by atoms with Gasteiger partial charge in [0.25, 0.3) is 5.91 Å². The molecular formula is C24H33N3O7. The second kappa shape index (κ2) is 12.5. The number of benzene rings is 1. The van der Waals surface area contributed by atoms with Gasteiger partial charge in [0.2, 0.25) is 5.91 Å². The van der Waals surface area contributed by atoms with Crippen LogP contribution in [-0.2, 0) is 23.9 Å². The number of hydrogen-bond donors (Lipinski definition) is 3. The number of amides is 3. The van der Waals surface area contributed by atoms with E-state index in [9.17, 15) is 24.3 Å². The quantitative estimate of drug-likeness (QED) is 0.283. The van der Waals surface area contributed by atoms with Gasteiger partial charge in [-0.15, -0.1) is 0 Å². The smallest absolute Gasteiger partial charge is 0.408 e. The van der Waals surface area contributed by atoms with Crippen LogP contribution in [0.2, 0.25) is 0 Å². The van der Waals surface area contributed by atoms with E-state index in [-0.39, 0.29) is 23.7 Å². The van der Waals surface area contributed by atoms with Crippen LogP contribution in [0.1, 0.15) is 52.6 Å². The largest absolute Gasteiger partial charge is 0.508 e. The number of para-hydroxylation sites is 1. The van der Waals surface area contributed by atoms with E-state index in [0.717, 1.165) is 12.0 Å². The summed E-state index contributed by atoms with van der Waals surface area (Å²) in [4.78, 5) is 51.2. The molecule has 1 aromatic carbocycles. The molecule has 3 N–H and O–H groups in total. The zero-order valence-corrected chi connectivity index (χ0v) is 20.4. The highest BCUT2D eigenvalue weighted by Gasteiger charge is 2.37. The van der Waals surface area contributed by atoms with Crippen molar-refractivity contribution >= 4 is 23.9 Å². The van der Waals surface area contributed by atoms with E-state index in [1.54, 1.807) is 26.8 Å². The van der Waals surface area contributed by atoms with Crippen LogP contribution in [0.25, 0.3) is 0 Å². The first-order valence-electron chi connectivity index (χ1n) is 10.7. The minimum atomic E-state index is -1.49. The van der Waals surface area contributed by atoms with Crippen molar-refractivity contribution in [3.63, 3.8) is 0 Å². The van der Waals surface area contributed by atoms with Gasteiger partial charge in [-0.2, -0.15) is 0 Å². The van der Waals surface area contributed by atoms with Crippen LogP contribution in [-0.4, -0.2) is 59.2 Å². The number of carbonyl (C=O) groups is 4. The average Bonchev–Trinajstić information content (AvgIpc) is 2.73. The maximum absolute atomic E-state index is 13.5. The molecule has 10 nitrogen and oxygen atoms in total. The number of aromatic hydroxyl groups is 1. The minimum absolute atomic E-state index is 0.0276. The van der Waals surface area contributed by atoms with Crippen LogP contribution in [0.15, 0.2) is 24.3 Å². The summed E-state index contributed by atoms with van der Waals surface area (Å²) in [5, 5.41) is 15.2. The van der Waals surface area contributed by atoms with Gasteiger partial charge in [0, 0.05) is 11.6 Å². The number of methoxy groups -OCH3 is 1. The van der Waals surface area contributed by atoms with E-state index in [4.69, 9.17) is 11.2 Å². The molecule has 10 heteroatoms. The van der Waals surface area contributed by atoms with E-state index in [2.05, 4.69) is 21.4 Å². The SMILES string of the molecule is C#CN(C(=O)C(CC(C)C)NC(=O)OC(C)(C)C)C(C(=O)NCC(=O)OC)c1ccccc1O. The maximum Gasteiger partial charge on any atom is 0.408 e. The molecule has 0 radical (unpaired) electrons. The summed E-state index contributed by atoms with van der Waals surface area (Å²) >= 11 is 0. The second-order valence-electron chi connectivity index (χ2n) is 8.92. The normalized spacial score (nSPS) is 12.6. The fraction of sp³-hybridized carbons (Fsp3) is 0.500. The predicted octanol–water partition coefficient (Wildman–Crippen LogP) is 2.08. The molecule has 0 fully saturated rings. The zero-order chi connectivity index (χ0) is 26.1. The highest BCUT2D eigenvalue weighted by Crippen LogP contribution is 2.29.